The Kier molecular flexibility index (Phi) is 2.49. The number of hydrogen-bond acceptors (Lipinski definition) is 4. The summed E-state index contributed by atoms with van der Waals surface area (Å²) in [5.74, 6) is 0. The van der Waals surface area contributed by atoms with Gasteiger partial charge in [-0.1, -0.05) is 0 Å². The topological polar surface area (TPSA) is 42.1 Å². The smallest absolute Gasteiger partial charge is 0.186 e. The lowest BCUT2D eigenvalue weighted by Crippen LogP contribution is -2.47. The van der Waals surface area contributed by atoms with Gasteiger partial charge in [0.1, 0.15) is 4.60 Å². The van der Waals surface area contributed by atoms with Crippen LogP contribution in [0.5, 0.6) is 0 Å². The number of fused-ring (bicyclic) bond motifs is 2. The van der Waals surface area contributed by atoms with Crippen molar-refractivity contribution in [2.45, 2.75) is 43.8 Å². The van der Waals surface area contributed by atoms with Crippen LogP contribution in [-0.2, 0) is 0 Å². The molecule has 5 heteroatoms. The van der Waals surface area contributed by atoms with Crippen molar-refractivity contribution in [1.29, 1.82) is 0 Å². The van der Waals surface area contributed by atoms with E-state index in [4.69, 9.17) is 5.73 Å². The summed E-state index contributed by atoms with van der Waals surface area (Å²) < 4.78 is 0.955. The first kappa shape index (κ1) is 10.1. The first-order valence-corrected chi connectivity index (χ1v) is 7.06. The molecule has 2 fully saturated rings. The van der Waals surface area contributed by atoms with Crippen molar-refractivity contribution in [2.24, 2.45) is 5.73 Å². The van der Waals surface area contributed by atoms with E-state index in [1.165, 1.54) is 18.0 Å². The molecule has 2 atom stereocenters. The summed E-state index contributed by atoms with van der Waals surface area (Å²) in [6, 6.07) is 1.68. The van der Waals surface area contributed by atoms with Gasteiger partial charge in [0.15, 0.2) is 5.13 Å². The van der Waals surface area contributed by atoms with Crippen LogP contribution in [0.25, 0.3) is 0 Å². The molecule has 2 unspecified atom stereocenters. The number of nitrogens with zero attached hydrogens (tertiary/aromatic N) is 2. The van der Waals surface area contributed by atoms with Crippen molar-refractivity contribution < 1.29 is 0 Å². The predicted octanol–water partition coefficient (Wildman–Crippen LogP) is 2.36. The summed E-state index contributed by atoms with van der Waals surface area (Å²) in [5, 5.41) is 3.23. The maximum Gasteiger partial charge on any atom is 0.186 e. The number of nitrogens with two attached hydrogens (primary N) is 1. The number of hydrogen-bond donors (Lipinski definition) is 1. The van der Waals surface area contributed by atoms with Gasteiger partial charge in [-0.05, 0) is 41.6 Å². The van der Waals surface area contributed by atoms with Gasteiger partial charge in [-0.3, -0.25) is 0 Å². The van der Waals surface area contributed by atoms with Crippen molar-refractivity contribution in [2.75, 3.05) is 4.90 Å². The number of halogens is 1. The fourth-order valence-electron chi connectivity index (χ4n) is 2.90. The summed E-state index contributed by atoms with van der Waals surface area (Å²) in [6.07, 6.45) is 4.84. The zero-order valence-electron chi connectivity index (χ0n) is 8.40. The van der Waals surface area contributed by atoms with Crippen LogP contribution in [0.3, 0.4) is 0 Å². The third kappa shape index (κ3) is 1.70. The highest BCUT2D eigenvalue weighted by Crippen LogP contribution is 2.40. The van der Waals surface area contributed by atoms with Crippen LogP contribution < -0.4 is 10.6 Å². The molecule has 82 valence electrons. The minimum atomic E-state index is 0.405. The Morgan fingerprint density at radius 1 is 1.40 bits per heavy atom. The normalized spacial score (nSPS) is 34.8. The molecule has 3 heterocycles. The van der Waals surface area contributed by atoms with Gasteiger partial charge in [-0.2, -0.15) is 0 Å². The number of rotatable bonds is 1. The summed E-state index contributed by atoms with van der Waals surface area (Å²) in [6.45, 7) is 0. The highest BCUT2D eigenvalue weighted by Gasteiger charge is 2.40. The van der Waals surface area contributed by atoms with E-state index < -0.39 is 0 Å². The quantitative estimate of drug-likeness (QED) is 0.862. The van der Waals surface area contributed by atoms with E-state index >= 15 is 0 Å². The minimum absolute atomic E-state index is 0.405. The highest BCUT2D eigenvalue weighted by atomic mass is 79.9. The molecule has 1 aromatic heterocycles. The molecule has 1 aromatic rings. The fourth-order valence-corrected chi connectivity index (χ4v) is 4.29. The summed E-state index contributed by atoms with van der Waals surface area (Å²) >= 11 is 5.15. The molecule has 2 N–H and O–H groups in total. The minimum Gasteiger partial charge on any atom is -0.342 e. The van der Waals surface area contributed by atoms with Crippen LogP contribution in [0.4, 0.5) is 5.13 Å². The van der Waals surface area contributed by atoms with E-state index in [1.54, 1.807) is 11.3 Å². The van der Waals surface area contributed by atoms with E-state index in [2.05, 4.69) is 31.2 Å². The summed E-state index contributed by atoms with van der Waals surface area (Å²) in [5.41, 5.74) is 6.05. The molecule has 0 aliphatic carbocycles. The van der Waals surface area contributed by atoms with Gasteiger partial charge in [0.05, 0.1) is 0 Å². The Bertz CT molecular complexity index is 353. The number of piperidine rings is 1. The molecule has 0 spiro atoms. The molecule has 3 rings (SSSR count). The molecule has 15 heavy (non-hydrogen) atoms. The molecule has 2 aliphatic rings. The van der Waals surface area contributed by atoms with E-state index in [9.17, 15) is 0 Å². The van der Waals surface area contributed by atoms with Gasteiger partial charge in [0.25, 0.3) is 0 Å². The van der Waals surface area contributed by atoms with Crippen LogP contribution in [0.1, 0.15) is 25.7 Å². The highest BCUT2D eigenvalue weighted by molar-refractivity contribution is 9.10. The second-order valence-electron chi connectivity index (χ2n) is 4.48. The van der Waals surface area contributed by atoms with Gasteiger partial charge < -0.3 is 10.6 Å². The standard InChI is InChI=1S/C10H14BrN3S/c11-9-5-15-10(13-9)14-7-1-2-8(14)4-6(12)3-7/h5-8H,1-4,12H2. The van der Waals surface area contributed by atoms with E-state index in [1.807, 2.05) is 0 Å². The van der Waals surface area contributed by atoms with Crippen molar-refractivity contribution in [1.82, 2.24) is 4.98 Å². The third-order valence-corrected chi connectivity index (χ3v) is 5.02. The molecule has 3 nitrogen and oxygen atoms in total. The SMILES string of the molecule is NC1CC2CCC(C1)N2c1nc(Br)cs1. The van der Waals surface area contributed by atoms with Gasteiger partial charge >= 0.3 is 0 Å². The average Bonchev–Trinajstić information content (AvgIpc) is 2.69. The first-order valence-electron chi connectivity index (χ1n) is 5.39. The Labute approximate surface area is 102 Å². The summed E-state index contributed by atoms with van der Waals surface area (Å²) in [4.78, 5) is 7.02. The molecular formula is C10H14BrN3S. The van der Waals surface area contributed by atoms with Gasteiger partial charge in [0, 0.05) is 23.5 Å². The lowest BCUT2D eigenvalue weighted by molar-refractivity contribution is 0.414. The van der Waals surface area contributed by atoms with Crippen LogP contribution >= 0.6 is 27.3 Å². The average molecular weight is 288 g/mol. The predicted molar refractivity (Wildman–Crippen MR) is 66.3 cm³/mol. The Morgan fingerprint density at radius 2 is 2.07 bits per heavy atom. The molecule has 2 aliphatic heterocycles. The van der Waals surface area contributed by atoms with Crippen LogP contribution in [-0.4, -0.2) is 23.1 Å². The number of thiazole rings is 1. The maximum absolute atomic E-state index is 6.05. The fraction of sp³-hybridized carbons (Fsp3) is 0.700. The Balaban J connectivity index is 1.88. The molecule has 0 saturated carbocycles. The van der Waals surface area contributed by atoms with Crippen molar-refractivity contribution in [3.8, 4) is 0 Å². The van der Waals surface area contributed by atoms with Crippen LogP contribution in [0.15, 0.2) is 9.98 Å². The van der Waals surface area contributed by atoms with Gasteiger partial charge in [-0.15, -0.1) is 11.3 Å². The largest absolute Gasteiger partial charge is 0.342 e. The third-order valence-electron chi connectivity index (χ3n) is 3.45. The molecule has 0 aromatic carbocycles. The molecule has 0 amide bonds. The first-order chi connectivity index (χ1) is 7.24. The molecule has 2 saturated heterocycles. The summed E-state index contributed by atoms with van der Waals surface area (Å²) in [7, 11) is 0. The second kappa shape index (κ2) is 3.71. The van der Waals surface area contributed by atoms with E-state index in [-0.39, 0.29) is 0 Å². The lowest BCUT2D eigenvalue weighted by atomic mass is 9.99. The Morgan fingerprint density at radius 3 is 2.60 bits per heavy atom. The van der Waals surface area contributed by atoms with Crippen molar-refractivity contribution in [3.05, 3.63) is 9.98 Å². The monoisotopic (exact) mass is 287 g/mol. The zero-order chi connectivity index (χ0) is 10.4. The number of anilines is 1. The molecule has 2 bridgehead atoms. The van der Waals surface area contributed by atoms with Crippen LogP contribution in [0.2, 0.25) is 0 Å². The van der Waals surface area contributed by atoms with Gasteiger partial charge in [0.2, 0.25) is 0 Å². The molecular weight excluding hydrogens is 274 g/mol. The van der Waals surface area contributed by atoms with Crippen molar-refractivity contribution >= 4 is 32.4 Å². The van der Waals surface area contributed by atoms with E-state index in [0.717, 1.165) is 17.4 Å². The molecule has 0 radical (unpaired) electrons. The second-order valence-corrected chi connectivity index (χ2v) is 6.13. The maximum atomic E-state index is 6.05. The lowest BCUT2D eigenvalue weighted by Gasteiger charge is -2.37. The van der Waals surface area contributed by atoms with Crippen LogP contribution in [0, 0.1) is 0 Å². The van der Waals surface area contributed by atoms with Gasteiger partial charge in [-0.25, -0.2) is 4.98 Å². The zero-order valence-corrected chi connectivity index (χ0v) is 10.8. The van der Waals surface area contributed by atoms with Crippen molar-refractivity contribution in [3.63, 3.8) is 0 Å². The number of aromatic nitrogens is 1. The van der Waals surface area contributed by atoms with E-state index in [0.29, 0.717) is 18.1 Å². The Hall–Kier alpha value is -0.130.